The van der Waals surface area contributed by atoms with Crippen LogP contribution in [0.1, 0.15) is 24.7 Å². The normalized spacial score (nSPS) is 19.1. The van der Waals surface area contributed by atoms with Gasteiger partial charge in [0.15, 0.2) is 0 Å². The van der Waals surface area contributed by atoms with Crippen LogP contribution < -0.4 is 5.32 Å². The Balaban J connectivity index is 1.89. The molecule has 2 heterocycles. The third kappa shape index (κ3) is 2.24. The van der Waals surface area contributed by atoms with Crippen molar-refractivity contribution in [1.29, 1.82) is 0 Å². The number of rotatable bonds is 2. The molecule has 1 aliphatic heterocycles. The van der Waals surface area contributed by atoms with Crippen molar-refractivity contribution in [3.05, 3.63) is 47.5 Å². The summed E-state index contributed by atoms with van der Waals surface area (Å²) < 4.78 is 0. The fraction of sp³-hybridized carbons (Fsp3) is 0.286. The van der Waals surface area contributed by atoms with Gasteiger partial charge in [-0.15, -0.1) is 0 Å². The van der Waals surface area contributed by atoms with Crippen LogP contribution in [0.2, 0.25) is 5.02 Å². The van der Waals surface area contributed by atoms with Crippen molar-refractivity contribution in [1.82, 2.24) is 15.3 Å². The summed E-state index contributed by atoms with van der Waals surface area (Å²) >= 11 is 6.16. The molecule has 1 unspecified atom stereocenters. The number of benzene rings is 1. The quantitative estimate of drug-likeness (QED) is 0.900. The van der Waals surface area contributed by atoms with E-state index in [1.165, 1.54) is 6.42 Å². The van der Waals surface area contributed by atoms with Gasteiger partial charge in [-0.3, -0.25) is 0 Å². The lowest BCUT2D eigenvalue weighted by Gasteiger charge is -2.09. The van der Waals surface area contributed by atoms with Crippen LogP contribution in [0.3, 0.4) is 0 Å². The number of halogens is 1. The molecule has 4 heteroatoms. The molecule has 2 aromatic rings. The van der Waals surface area contributed by atoms with Crippen molar-refractivity contribution < 1.29 is 0 Å². The first kappa shape index (κ1) is 11.6. The maximum Gasteiger partial charge on any atom is 0.145 e. The third-order valence-corrected chi connectivity index (χ3v) is 3.56. The first-order valence-corrected chi connectivity index (χ1v) is 6.52. The zero-order chi connectivity index (χ0) is 12.4. The lowest BCUT2D eigenvalue weighted by Crippen LogP contribution is -2.15. The van der Waals surface area contributed by atoms with Gasteiger partial charge in [0.1, 0.15) is 5.82 Å². The van der Waals surface area contributed by atoms with Crippen molar-refractivity contribution in [2.75, 3.05) is 6.54 Å². The fourth-order valence-corrected chi connectivity index (χ4v) is 2.50. The molecule has 0 aliphatic carbocycles. The minimum atomic E-state index is 0.310. The smallest absolute Gasteiger partial charge is 0.145 e. The monoisotopic (exact) mass is 259 g/mol. The van der Waals surface area contributed by atoms with E-state index in [1.54, 1.807) is 0 Å². The Kier molecular flexibility index (Phi) is 3.26. The Bertz CT molecular complexity index is 533. The van der Waals surface area contributed by atoms with E-state index in [0.29, 0.717) is 6.04 Å². The molecule has 1 aromatic carbocycles. The number of nitrogens with one attached hydrogen (secondary N) is 1. The highest BCUT2D eigenvalue weighted by Gasteiger charge is 2.18. The first-order valence-electron chi connectivity index (χ1n) is 6.15. The molecule has 0 radical (unpaired) electrons. The molecule has 1 aromatic heterocycles. The molecule has 0 bridgehead atoms. The van der Waals surface area contributed by atoms with Crippen LogP contribution in [0, 0.1) is 0 Å². The van der Waals surface area contributed by atoms with E-state index in [4.69, 9.17) is 11.6 Å². The van der Waals surface area contributed by atoms with Crippen LogP contribution in [0.25, 0.3) is 11.1 Å². The maximum absolute atomic E-state index is 6.16. The van der Waals surface area contributed by atoms with Crippen molar-refractivity contribution >= 4 is 11.6 Å². The average Bonchev–Trinajstić information content (AvgIpc) is 2.94. The van der Waals surface area contributed by atoms with E-state index >= 15 is 0 Å². The Hall–Kier alpha value is -1.45. The van der Waals surface area contributed by atoms with Gasteiger partial charge in [0, 0.05) is 28.5 Å². The lowest BCUT2D eigenvalue weighted by molar-refractivity contribution is 0.605. The SMILES string of the molecule is Clc1ccccc1-c1cnc(C2CCCN2)nc1. The zero-order valence-electron chi connectivity index (χ0n) is 9.94. The highest BCUT2D eigenvalue weighted by molar-refractivity contribution is 6.33. The second-order valence-electron chi connectivity index (χ2n) is 4.46. The van der Waals surface area contributed by atoms with Crippen molar-refractivity contribution in [3.63, 3.8) is 0 Å². The van der Waals surface area contributed by atoms with Gasteiger partial charge in [0.25, 0.3) is 0 Å². The molecule has 18 heavy (non-hydrogen) atoms. The zero-order valence-corrected chi connectivity index (χ0v) is 10.7. The number of hydrogen-bond acceptors (Lipinski definition) is 3. The second kappa shape index (κ2) is 5.04. The van der Waals surface area contributed by atoms with Gasteiger partial charge in [0.2, 0.25) is 0 Å². The van der Waals surface area contributed by atoms with Crippen molar-refractivity contribution in [2.24, 2.45) is 0 Å². The summed E-state index contributed by atoms with van der Waals surface area (Å²) in [6.45, 7) is 1.06. The average molecular weight is 260 g/mol. The Morgan fingerprint density at radius 1 is 1.17 bits per heavy atom. The van der Waals surface area contributed by atoms with E-state index in [0.717, 1.165) is 34.9 Å². The molecule has 1 atom stereocenters. The molecule has 0 spiro atoms. The van der Waals surface area contributed by atoms with Gasteiger partial charge in [-0.25, -0.2) is 9.97 Å². The molecule has 0 saturated carbocycles. The minimum Gasteiger partial charge on any atom is -0.307 e. The molecule has 1 aliphatic rings. The van der Waals surface area contributed by atoms with E-state index in [9.17, 15) is 0 Å². The number of hydrogen-bond donors (Lipinski definition) is 1. The van der Waals surface area contributed by atoms with Gasteiger partial charge in [0.05, 0.1) is 6.04 Å². The summed E-state index contributed by atoms with van der Waals surface area (Å²) in [6.07, 6.45) is 6.01. The molecular weight excluding hydrogens is 246 g/mol. The molecule has 1 N–H and O–H groups in total. The van der Waals surface area contributed by atoms with Crippen LogP contribution in [0.4, 0.5) is 0 Å². The number of nitrogens with zero attached hydrogens (tertiary/aromatic N) is 2. The lowest BCUT2D eigenvalue weighted by atomic mass is 10.1. The van der Waals surface area contributed by atoms with E-state index in [1.807, 2.05) is 36.7 Å². The summed E-state index contributed by atoms with van der Waals surface area (Å²) in [4.78, 5) is 8.89. The fourth-order valence-electron chi connectivity index (χ4n) is 2.26. The minimum absolute atomic E-state index is 0.310. The third-order valence-electron chi connectivity index (χ3n) is 3.23. The van der Waals surface area contributed by atoms with Crippen LogP contribution in [0.15, 0.2) is 36.7 Å². The van der Waals surface area contributed by atoms with E-state index in [2.05, 4.69) is 15.3 Å². The molecule has 1 saturated heterocycles. The molecule has 3 nitrogen and oxygen atoms in total. The highest BCUT2D eigenvalue weighted by Crippen LogP contribution is 2.27. The molecule has 3 rings (SSSR count). The van der Waals surface area contributed by atoms with E-state index < -0.39 is 0 Å². The first-order chi connectivity index (χ1) is 8.84. The van der Waals surface area contributed by atoms with E-state index in [-0.39, 0.29) is 0 Å². The Labute approximate surface area is 111 Å². The maximum atomic E-state index is 6.16. The predicted molar refractivity (Wildman–Crippen MR) is 72.5 cm³/mol. The topological polar surface area (TPSA) is 37.8 Å². The standard InChI is InChI=1S/C14H14ClN3/c15-12-5-2-1-4-11(12)10-8-17-14(18-9-10)13-6-3-7-16-13/h1-2,4-5,8-9,13,16H,3,6-7H2. The van der Waals surface area contributed by atoms with Crippen molar-refractivity contribution in [3.8, 4) is 11.1 Å². The van der Waals surface area contributed by atoms with Crippen LogP contribution in [-0.4, -0.2) is 16.5 Å². The Morgan fingerprint density at radius 2 is 1.94 bits per heavy atom. The van der Waals surface area contributed by atoms with Gasteiger partial charge in [-0.2, -0.15) is 0 Å². The summed E-state index contributed by atoms with van der Waals surface area (Å²) in [5, 5.41) is 4.12. The van der Waals surface area contributed by atoms with Crippen molar-refractivity contribution in [2.45, 2.75) is 18.9 Å². The van der Waals surface area contributed by atoms with Gasteiger partial charge in [-0.05, 0) is 25.5 Å². The van der Waals surface area contributed by atoms with Gasteiger partial charge >= 0.3 is 0 Å². The van der Waals surface area contributed by atoms with Gasteiger partial charge in [-0.1, -0.05) is 29.8 Å². The van der Waals surface area contributed by atoms with Crippen LogP contribution in [0.5, 0.6) is 0 Å². The largest absolute Gasteiger partial charge is 0.307 e. The second-order valence-corrected chi connectivity index (χ2v) is 4.87. The highest BCUT2D eigenvalue weighted by atomic mass is 35.5. The molecule has 1 fully saturated rings. The predicted octanol–water partition coefficient (Wildman–Crippen LogP) is 3.22. The summed E-state index contributed by atoms with van der Waals surface area (Å²) in [5.41, 5.74) is 1.94. The van der Waals surface area contributed by atoms with Gasteiger partial charge < -0.3 is 5.32 Å². The molecule has 92 valence electrons. The summed E-state index contributed by atoms with van der Waals surface area (Å²) in [7, 11) is 0. The molecule has 0 amide bonds. The van der Waals surface area contributed by atoms with Crippen LogP contribution >= 0.6 is 11.6 Å². The Morgan fingerprint density at radius 3 is 2.61 bits per heavy atom. The molecular formula is C14H14ClN3. The summed E-state index contributed by atoms with van der Waals surface area (Å²) in [5.74, 6) is 0.878. The summed E-state index contributed by atoms with van der Waals surface area (Å²) in [6, 6.07) is 8.06. The van der Waals surface area contributed by atoms with Crippen LogP contribution in [-0.2, 0) is 0 Å². The number of aromatic nitrogens is 2.